The Morgan fingerprint density at radius 2 is 2.00 bits per heavy atom. The molecule has 1 N–H and O–H groups in total. The van der Waals surface area contributed by atoms with E-state index in [0.29, 0.717) is 18.0 Å². The minimum atomic E-state index is -0.844. The van der Waals surface area contributed by atoms with Crippen LogP contribution in [-0.2, 0) is 11.3 Å². The summed E-state index contributed by atoms with van der Waals surface area (Å²) in [7, 11) is 0. The zero-order valence-corrected chi connectivity index (χ0v) is 12.5. The quantitative estimate of drug-likeness (QED) is 0.920. The Labute approximate surface area is 125 Å². The molecule has 1 aromatic carbocycles. The summed E-state index contributed by atoms with van der Waals surface area (Å²) in [5.41, 5.74) is 1.82. The Balaban J connectivity index is 2.26. The number of rotatable bonds is 5. The third-order valence-electron chi connectivity index (χ3n) is 3.02. The summed E-state index contributed by atoms with van der Waals surface area (Å²) in [6.45, 7) is 2.31. The second-order valence-electron chi connectivity index (χ2n) is 4.44. The summed E-state index contributed by atoms with van der Waals surface area (Å²) in [6, 6.07) is 7.33. The van der Waals surface area contributed by atoms with Crippen molar-refractivity contribution in [2.75, 3.05) is 0 Å². The van der Waals surface area contributed by atoms with Crippen LogP contribution in [0.4, 0.5) is 0 Å². The molecule has 1 aromatic heterocycles. The summed E-state index contributed by atoms with van der Waals surface area (Å²) in [4.78, 5) is 23.4. The first kappa shape index (κ1) is 14.8. The van der Waals surface area contributed by atoms with Crippen molar-refractivity contribution in [2.24, 2.45) is 0 Å². The second kappa shape index (κ2) is 6.24. The normalized spacial score (nSPS) is 10.7. The van der Waals surface area contributed by atoms with Gasteiger partial charge in [0, 0.05) is 23.7 Å². The molecular weight excluding hydrogens is 298 g/mol. The third-order valence-corrected chi connectivity index (χ3v) is 4.40. The lowest BCUT2D eigenvalue weighted by atomic mass is 10.1. The van der Waals surface area contributed by atoms with Gasteiger partial charge in [0.1, 0.15) is 0 Å². The van der Waals surface area contributed by atoms with Crippen molar-refractivity contribution in [3.63, 3.8) is 0 Å². The molecule has 6 heteroatoms. The number of benzene rings is 1. The van der Waals surface area contributed by atoms with Gasteiger partial charge in [-0.2, -0.15) is 0 Å². The summed E-state index contributed by atoms with van der Waals surface area (Å²) in [5, 5.41) is 9.29. The molecule has 0 fully saturated rings. The van der Waals surface area contributed by atoms with Gasteiger partial charge in [-0.1, -0.05) is 35.1 Å². The van der Waals surface area contributed by atoms with Crippen molar-refractivity contribution in [2.45, 2.75) is 26.3 Å². The monoisotopic (exact) mass is 311 g/mol. The van der Waals surface area contributed by atoms with Gasteiger partial charge < -0.3 is 9.67 Å². The van der Waals surface area contributed by atoms with Crippen molar-refractivity contribution >= 4 is 28.9 Å². The van der Waals surface area contributed by atoms with E-state index in [9.17, 15) is 9.59 Å². The molecule has 0 radical (unpaired) electrons. The average molecular weight is 312 g/mol. The maximum absolute atomic E-state index is 12.0. The van der Waals surface area contributed by atoms with Crippen LogP contribution in [0.25, 0.3) is 10.4 Å². The number of nitrogens with zero attached hydrogens (tertiary/aromatic N) is 1. The fourth-order valence-corrected chi connectivity index (χ4v) is 3.14. The predicted octanol–water partition coefficient (Wildman–Crippen LogP) is 3.40. The van der Waals surface area contributed by atoms with Crippen LogP contribution in [0.5, 0.6) is 0 Å². The zero-order chi connectivity index (χ0) is 14.7. The van der Waals surface area contributed by atoms with Crippen molar-refractivity contribution in [3.8, 4) is 10.4 Å². The van der Waals surface area contributed by atoms with E-state index < -0.39 is 5.97 Å². The number of aromatic nitrogens is 1. The van der Waals surface area contributed by atoms with Gasteiger partial charge >= 0.3 is 10.8 Å². The van der Waals surface area contributed by atoms with Gasteiger partial charge in [-0.3, -0.25) is 9.59 Å². The highest BCUT2D eigenvalue weighted by molar-refractivity contribution is 7.13. The van der Waals surface area contributed by atoms with Gasteiger partial charge in [-0.15, -0.1) is 0 Å². The lowest BCUT2D eigenvalue weighted by Gasteiger charge is -2.05. The standard InChI is InChI=1S/C14H14ClNO3S/c1-9-13(10-4-6-11(15)7-5-10)20-14(19)16(9)8-2-3-12(17)18/h4-7H,2-3,8H2,1H3,(H,17,18). The van der Waals surface area contributed by atoms with E-state index in [-0.39, 0.29) is 11.3 Å². The van der Waals surface area contributed by atoms with Crippen LogP contribution < -0.4 is 4.87 Å². The Kier molecular flexibility index (Phi) is 4.62. The molecule has 4 nitrogen and oxygen atoms in total. The van der Waals surface area contributed by atoms with Crippen molar-refractivity contribution in [1.82, 2.24) is 4.57 Å². The van der Waals surface area contributed by atoms with Gasteiger partial charge in [-0.25, -0.2) is 0 Å². The van der Waals surface area contributed by atoms with E-state index in [1.54, 1.807) is 16.7 Å². The number of thiazole rings is 1. The zero-order valence-electron chi connectivity index (χ0n) is 10.9. The highest BCUT2D eigenvalue weighted by Crippen LogP contribution is 2.27. The summed E-state index contributed by atoms with van der Waals surface area (Å²) >= 11 is 7.03. The molecule has 0 aliphatic heterocycles. The molecule has 0 saturated heterocycles. The van der Waals surface area contributed by atoms with Gasteiger partial charge in [0.15, 0.2) is 0 Å². The van der Waals surface area contributed by atoms with Crippen LogP contribution in [0.15, 0.2) is 29.1 Å². The molecule has 20 heavy (non-hydrogen) atoms. The van der Waals surface area contributed by atoms with Crippen LogP contribution in [0, 0.1) is 6.92 Å². The molecule has 0 atom stereocenters. The van der Waals surface area contributed by atoms with E-state index in [1.165, 1.54) is 11.3 Å². The molecule has 0 spiro atoms. The molecule has 0 aliphatic carbocycles. The molecule has 106 valence electrons. The lowest BCUT2D eigenvalue weighted by molar-refractivity contribution is -0.137. The van der Waals surface area contributed by atoms with Gasteiger partial charge in [0.2, 0.25) is 0 Å². The number of carboxylic acid groups (broad SMARTS) is 1. The summed E-state index contributed by atoms with van der Waals surface area (Å²) in [5.74, 6) is -0.844. The van der Waals surface area contributed by atoms with E-state index in [1.807, 2.05) is 19.1 Å². The Morgan fingerprint density at radius 3 is 2.60 bits per heavy atom. The maximum Gasteiger partial charge on any atom is 0.307 e. The smallest absolute Gasteiger partial charge is 0.307 e. The SMILES string of the molecule is Cc1c(-c2ccc(Cl)cc2)sc(=O)n1CCCC(=O)O. The summed E-state index contributed by atoms with van der Waals surface area (Å²) in [6.07, 6.45) is 0.519. The van der Waals surface area contributed by atoms with E-state index >= 15 is 0 Å². The molecule has 0 unspecified atom stereocenters. The van der Waals surface area contributed by atoms with Crippen molar-refractivity contribution in [1.29, 1.82) is 0 Å². The van der Waals surface area contributed by atoms with E-state index in [4.69, 9.17) is 16.7 Å². The second-order valence-corrected chi connectivity index (χ2v) is 5.84. The molecule has 0 amide bonds. The van der Waals surface area contributed by atoms with Crippen LogP contribution in [0.2, 0.25) is 5.02 Å². The number of carbonyl (C=O) groups is 1. The Bertz CT molecular complexity index is 673. The number of aliphatic carboxylic acids is 1. The number of carboxylic acids is 1. The largest absolute Gasteiger partial charge is 0.481 e. The molecular formula is C14H14ClNO3S. The van der Waals surface area contributed by atoms with Crippen LogP contribution in [0.3, 0.4) is 0 Å². The van der Waals surface area contributed by atoms with E-state index in [0.717, 1.165) is 16.1 Å². The topological polar surface area (TPSA) is 59.3 Å². The minimum absolute atomic E-state index is 0.0576. The first-order chi connectivity index (χ1) is 9.49. The van der Waals surface area contributed by atoms with Crippen molar-refractivity contribution < 1.29 is 9.90 Å². The maximum atomic E-state index is 12.0. The van der Waals surface area contributed by atoms with Gasteiger partial charge in [0.25, 0.3) is 0 Å². The van der Waals surface area contributed by atoms with Gasteiger partial charge in [-0.05, 0) is 31.0 Å². The number of hydrogen-bond donors (Lipinski definition) is 1. The highest BCUT2D eigenvalue weighted by Gasteiger charge is 2.12. The highest BCUT2D eigenvalue weighted by atomic mass is 35.5. The van der Waals surface area contributed by atoms with E-state index in [2.05, 4.69) is 0 Å². The minimum Gasteiger partial charge on any atom is -0.481 e. The molecule has 0 saturated carbocycles. The van der Waals surface area contributed by atoms with Gasteiger partial charge in [0.05, 0.1) is 4.88 Å². The fourth-order valence-electron chi connectivity index (χ4n) is 1.99. The first-order valence-corrected chi connectivity index (χ1v) is 7.36. The fraction of sp³-hybridized carbons (Fsp3) is 0.286. The predicted molar refractivity (Wildman–Crippen MR) is 80.6 cm³/mol. The summed E-state index contributed by atoms with van der Waals surface area (Å²) < 4.78 is 1.64. The molecule has 1 heterocycles. The molecule has 2 aromatic rings. The average Bonchev–Trinajstić information content (AvgIpc) is 2.67. The Morgan fingerprint density at radius 1 is 1.35 bits per heavy atom. The molecule has 0 aliphatic rings. The first-order valence-electron chi connectivity index (χ1n) is 6.17. The molecule has 0 bridgehead atoms. The number of halogens is 1. The van der Waals surface area contributed by atoms with Crippen LogP contribution >= 0.6 is 22.9 Å². The lowest BCUT2D eigenvalue weighted by Crippen LogP contribution is -2.15. The van der Waals surface area contributed by atoms with Crippen LogP contribution in [0.1, 0.15) is 18.5 Å². The number of hydrogen-bond acceptors (Lipinski definition) is 3. The Hall–Kier alpha value is -1.59. The molecule has 2 rings (SSSR count). The van der Waals surface area contributed by atoms with Crippen molar-refractivity contribution in [3.05, 3.63) is 44.6 Å². The third kappa shape index (κ3) is 3.29. The van der Waals surface area contributed by atoms with Crippen LogP contribution in [-0.4, -0.2) is 15.6 Å².